The first-order valence-electron chi connectivity index (χ1n) is 12.2. The van der Waals surface area contributed by atoms with Crippen molar-refractivity contribution >= 4 is 0 Å². The summed E-state index contributed by atoms with van der Waals surface area (Å²) in [5.41, 5.74) is 1.27. The van der Waals surface area contributed by atoms with Crippen LogP contribution in [-0.4, -0.2) is 18.0 Å². The SMILES string of the molecule is CC(CCc1c(C2(F)CCCC2)cccc1C1(F)CCCC1)N(C)Cc1ccccc1. The van der Waals surface area contributed by atoms with Crippen LogP contribution in [0.15, 0.2) is 48.5 Å². The van der Waals surface area contributed by atoms with Crippen molar-refractivity contribution in [1.29, 1.82) is 0 Å². The Bertz CT molecular complexity index is 810. The van der Waals surface area contributed by atoms with Crippen molar-refractivity contribution in [2.45, 2.75) is 95.1 Å². The van der Waals surface area contributed by atoms with Crippen LogP contribution in [0.25, 0.3) is 0 Å². The maximum Gasteiger partial charge on any atom is 0.136 e. The summed E-state index contributed by atoms with van der Waals surface area (Å²) < 4.78 is 31.9. The Balaban J connectivity index is 1.57. The van der Waals surface area contributed by atoms with Gasteiger partial charge in [0.15, 0.2) is 0 Å². The van der Waals surface area contributed by atoms with E-state index in [9.17, 15) is 0 Å². The predicted molar refractivity (Wildman–Crippen MR) is 125 cm³/mol. The van der Waals surface area contributed by atoms with Crippen LogP contribution in [0, 0.1) is 0 Å². The minimum absolute atomic E-state index is 0.333. The molecule has 0 radical (unpaired) electrons. The largest absolute Gasteiger partial charge is 0.299 e. The number of halogens is 2. The van der Waals surface area contributed by atoms with Crippen molar-refractivity contribution in [3.05, 3.63) is 70.8 Å². The molecule has 2 saturated carbocycles. The smallest absolute Gasteiger partial charge is 0.136 e. The summed E-state index contributed by atoms with van der Waals surface area (Å²) in [5, 5.41) is 0. The van der Waals surface area contributed by atoms with E-state index in [-0.39, 0.29) is 0 Å². The Morgan fingerprint density at radius 2 is 1.32 bits per heavy atom. The van der Waals surface area contributed by atoms with Crippen LogP contribution in [0.5, 0.6) is 0 Å². The lowest BCUT2D eigenvalue weighted by molar-refractivity contribution is 0.161. The molecule has 0 bridgehead atoms. The zero-order valence-electron chi connectivity index (χ0n) is 19.2. The van der Waals surface area contributed by atoms with E-state index in [1.54, 1.807) is 0 Å². The number of hydrogen-bond acceptors (Lipinski definition) is 1. The number of alkyl halides is 2. The maximum atomic E-state index is 15.9. The van der Waals surface area contributed by atoms with Crippen LogP contribution in [0.3, 0.4) is 0 Å². The first kappa shape index (κ1) is 22.5. The van der Waals surface area contributed by atoms with E-state index in [0.717, 1.165) is 61.8 Å². The summed E-state index contributed by atoms with van der Waals surface area (Å²) in [5.74, 6) is 0. The average Bonchev–Trinajstić information content (AvgIpc) is 3.42. The molecule has 2 aliphatic rings. The summed E-state index contributed by atoms with van der Waals surface area (Å²) in [6, 6.07) is 16.6. The molecule has 1 unspecified atom stereocenters. The Morgan fingerprint density at radius 1 is 0.806 bits per heavy atom. The highest BCUT2D eigenvalue weighted by molar-refractivity contribution is 5.43. The van der Waals surface area contributed by atoms with Gasteiger partial charge in [0.1, 0.15) is 11.3 Å². The molecule has 1 atom stereocenters. The Morgan fingerprint density at radius 3 is 1.84 bits per heavy atom. The van der Waals surface area contributed by atoms with Crippen LogP contribution < -0.4 is 0 Å². The molecule has 2 aliphatic carbocycles. The van der Waals surface area contributed by atoms with E-state index in [2.05, 4.69) is 43.1 Å². The fourth-order valence-corrected chi connectivity index (χ4v) is 5.71. The van der Waals surface area contributed by atoms with E-state index >= 15 is 8.78 Å². The average molecular weight is 426 g/mol. The summed E-state index contributed by atoms with van der Waals surface area (Å²) in [7, 11) is 2.14. The number of hydrogen-bond donors (Lipinski definition) is 0. The van der Waals surface area contributed by atoms with Crippen LogP contribution in [0.2, 0.25) is 0 Å². The van der Waals surface area contributed by atoms with Gasteiger partial charge in [0.2, 0.25) is 0 Å². The second-order valence-electron chi connectivity index (χ2n) is 9.96. The normalized spacial score (nSPS) is 20.9. The van der Waals surface area contributed by atoms with E-state index in [0.29, 0.717) is 31.7 Å². The zero-order valence-corrected chi connectivity index (χ0v) is 19.2. The quantitative estimate of drug-likeness (QED) is 0.420. The minimum Gasteiger partial charge on any atom is -0.299 e. The second-order valence-corrected chi connectivity index (χ2v) is 9.96. The fraction of sp³-hybridized carbons (Fsp3) is 0.571. The summed E-state index contributed by atoms with van der Waals surface area (Å²) in [4.78, 5) is 2.35. The zero-order chi connectivity index (χ0) is 21.9. The van der Waals surface area contributed by atoms with Gasteiger partial charge in [-0.15, -0.1) is 0 Å². The van der Waals surface area contributed by atoms with Gasteiger partial charge in [-0.25, -0.2) is 8.78 Å². The molecule has 2 fully saturated rings. The first-order valence-corrected chi connectivity index (χ1v) is 12.2. The van der Waals surface area contributed by atoms with Crippen molar-refractivity contribution in [2.24, 2.45) is 0 Å². The highest BCUT2D eigenvalue weighted by atomic mass is 19.1. The van der Waals surface area contributed by atoms with Gasteiger partial charge in [0.25, 0.3) is 0 Å². The van der Waals surface area contributed by atoms with Gasteiger partial charge in [-0.05, 0) is 100 Å². The van der Waals surface area contributed by atoms with Gasteiger partial charge >= 0.3 is 0 Å². The molecule has 0 saturated heterocycles. The molecular weight excluding hydrogens is 388 g/mol. The van der Waals surface area contributed by atoms with E-state index < -0.39 is 11.3 Å². The standard InChI is InChI=1S/C28H37F2N/c1-22(31(2)21-23-11-4-3-5-12-23)15-16-24-25(27(29)17-6-7-18-27)13-10-14-26(24)28(30)19-8-9-20-28/h3-5,10-14,22H,6-9,15-21H2,1-2H3. The predicted octanol–water partition coefficient (Wildman–Crippen LogP) is 7.62. The molecule has 2 aromatic carbocycles. The van der Waals surface area contributed by atoms with Gasteiger partial charge in [0.05, 0.1) is 0 Å². The Labute approximate surface area is 186 Å². The molecule has 0 heterocycles. The van der Waals surface area contributed by atoms with Crippen LogP contribution in [0.4, 0.5) is 8.78 Å². The molecule has 0 N–H and O–H groups in total. The lowest BCUT2D eigenvalue weighted by Crippen LogP contribution is -2.30. The lowest BCUT2D eigenvalue weighted by atomic mass is 9.80. The lowest BCUT2D eigenvalue weighted by Gasteiger charge is -2.31. The van der Waals surface area contributed by atoms with Gasteiger partial charge in [-0.1, -0.05) is 48.5 Å². The molecule has 3 heteroatoms. The van der Waals surface area contributed by atoms with Gasteiger partial charge in [-0.3, -0.25) is 4.90 Å². The minimum atomic E-state index is -1.28. The molecule has 168 valence electrons. The van der Waals surface area contributed by atoms with Crippen molar-refractivity contribution in [1.82, 2.24) is 4.90 Å². The number of benzene rings is 2. The Kier molecular flexibility index (Phi) is 6.81. The van der Waals surface area contributed by atoms with Crippen molar-refractivity contribution in [3.8, 4) is 0 Å². The molecule has 31 heavy (non-hydrogen) atoms. The van der Waals surface area contributed by atoms with Crippen LogP contribution >= 0.6 is 0 Å². The topological polar surface area (TPSA) is 3.24 Å². The molecule has 1 nitrogen and oxygen atoms in total. The third kappa shape index (κ3) is 4.87. The fourth-order valence-electron chi connectivity index (χ4n) is 5.71. The van der Waals surface area contributed by atoms with Crippen molar-refractivity contribution in [2.75, 3.05) is 7.05 Å². The first-order chi connectivity index (χ1) is 14.9. The molecular formula is C28H37F2N. The van der Waals surface area contributed by atoms with E-state index in [1.165, 1.54) is 5.56 Å². The van der Waals surface area contributed by atoms with Gasteiger partial charge in [0, 0.05) is 12.6 Å². The molecule has 2 aromatic rings. The summed E-state index contributed by atoms with van der Waals surface area (Å²) in [6.07, 6.45) is 7.65. The molecule has 0 aromatic heterocycles. The third-order valence-corrected chi connectivity index (χ3v) is 7.77. The van der Waals surface area contributed by atoms with Gasteiger partial charge in [-0.2, -0.15) is 0 Å². The Hall–Kier alpha value is -1.74. The summed E-state index contributed by atoms with van der Waals surface area (Å²) in [6.45, 7) is 3.11. The van der Waals surface area contributed by atoms with E-state index in [4.69, 9.17) is 0 Å². The molecule has 0 amide bonds. The third-order valence-electron chi connectivity index (χ3n) is 7.77. The van der Waals surface area contributed by atoms with Gasteiger partial charge < -0.3 is 0 Å². The van der Waals surface area contributed by atoms with Crippen LogP contribution in [-0.2, 0) is 24.3 Å². The number of nitrogens with zero attached hydrogens (tertiary/aromatic N) is 1. The monoisotopic (exact) mass is 425 g/mol. The highest BCUT2D eigenvalue weighted by Gasteiger charge is 2.42. The second kappa shape index (κ2) is 9.40. The number of rotatable bonds is 8. The molecule has 0 aliphatic heterocycles. The van der Waals surface area contributed by atoms with Crippen molar-refractivity contribution in [3.63, 3.8) is 0 Å². The summed E-state index contributed by atoms with van der Waals surface area (Å²) >= 11 is 0. The highest BCUT2D eigenvalue weighted by Crippen LogP contribution is 2.49. The molecule has 4 rings (SSSR count). The molecule has 0 spiro atoms. The maximum absolute atomic E-state index is 15.9. The van der Waals surface area contributed by atoms with Crippen molar-refractivity contribution < 1.29 is 8.78 Å². The van der Waals surface area contributed by atoms with Crippen LogP contribution in [0.1, 0.15) is 87.0 Å². The van der Waals surface area contributed by atoms with E-state index in [1.807, 2.05) is 24.3 Å².